The molecule has 0 aliphatic carbocycles. The lowest BCUT2D eigenvalue weighted by molar-refractivity contribution is -0.116. The number of aryl methyl sites for hydroxylation is 1. The van der Waals surface area contributed by atoms with Crippen LogP contribution in [0.3, 0.4) is 0 Å². The molecule has 1 amide bonds. The minimum absolute atomic E-state index is 0.00666. The first-order valence-electron chi connectivity index (χ1n) is 8.66. The van der Waals surface area contributed by atoms with Crippen molar-refractivity contribution in [1.29, 1.82) is 0 Å². The van der Waals surface area contributed by atoms with Crippen LogP contribution in [0.15, 0.2) is 65.2 Å². The minimum atomic E-state index is -0.581. The van der Waals surface area contributed by atoms with Crippen LogP contribution in [0.25, 0.3) is 0 Å². The van der Waals surface area contributed by atoms with Crippen LogP contribution in [0.4, 0.5) is 5.88 Å². The van der Waals surface area contributed by atoms with Crippen LogP contribution in [0.2, 0.25) is 0 Å². The second-order valence-corrected chi connectivity index (χ2v) is 5.94. The van der Waals surface area contributed by atoms with Crippen molar-refractivity contribution in [3.63, 3.8) is 0 Å². The smallest absolute Gasteiger partial charge is 0.345 e. The molecule has 3 aromatic rings. The minimum Gasteiger partial charge on any atom is -0.462 e. The fourth-order valence-electron chi connectivity index (χ4n) is 2.87. The van der Waals surface area contributed by atoms with E-state index in [9.17, 15) is 9.59 Å². The van der Waals surface area contributed by atoms with Crippen molar-refractivity contribution in [2.45, 2.75) is 19.8 Å². The van der Waals surface area contributed by atoms with Gasteiger partial charge in [0.1, 0.15) is 5.56 Å². The summed E-state index contributed by atoms with van der Waals surface area (Å²) in [5, 5.41) is 6.49. The molecule has 0 spiro atoms. The van der Waals surface area contributed by atoms with Gasteiger partial charge < -0.3 is 9.26 Å². The summed E-state index contributed by atoms with van der Waals surface area (Å²) in [7, 11) is 0. The van der Waals surface area contributed by atoms with Gasteiger partial charge in [0.2, 0.25) is 11.8 Å². The number of anilines is 1. The van der Waals surface area contributed by atoms with Gasteiger partial charge >= 0.3 is 5.97 Å². The number of aromatic nitrogens is 1. The Balaban J connectivity index is 1.94. The second kappa shape index (κ2) is 8.31. The van der Waals surface area contributed by atoms with E-state index in [2.05, 4.69) is 10.5 Å². The van der Waals surface area contributed by atoms with E-state index in [4.69, 9.17) is 9.26 Å². The first kappa shape index (κ1) is 18.4. The molecule has 0 radical (unpaired) electrons. The Morgan fingerprint density at radius 1 is 1.04 bits per heavy atom. The van der Waals surface area contributed by atoms with Crippen molar-refractivity contribution in [3.8, 4) is 0 Å². The molecule has 1 aromatic heterocycles. The summed E-state index contributed by atoms with van der Waals surface area (Å²) in [6, 6.07) is 18.8. The number of nitrogens with one attached hydrogen (secondary N) is 1. The van der Waals surface area contributed by atoms with Gasteiger partial charge in [-0.25, -0.2) is 4.79 Å². The number of benzene rings is 2. The SMILES string of the molecule is CCOC(=O)c1c(C)noc1NC(=O)C(c1ccccc1)c1ccccc1. The van der Waals surface area contributed by atoms with Crippen LogP contribution in [0, 0.1) is 6.92 Å². The van der Waals surface area contributed by atoms with Crippen LogP contribution in [-0.2, 0) is 9.53 Å². The van der Waals surface area contributed by atoms with Crippen molar-refractivity contribution in [3.05, 3.63) is 83.0 Å². The third-order valence-corrected chi connectivity index (χ3v) is 4.11. The van der Waals surface area contributed by atoms with Crippen molar-refractivity contribution in [2.24, 2.45) is 0 Å². The number of hydrogen-bond acceptors (Lipinski definition) is 5. The van der Waals surface area contributed by atoms with Crippen LogP contribution in [0.5, 0.6) is 0 Å². The van der Waals surface area contributed by atoms with E-state index in [0.29, 0.717) is 5.69 Å². The number of esters is 1. The number of nitrogens with zero attached hydrogens (tertiary/aromatic N) is 1. The van der Waals surface area contributed by atoms with E-state index in [1.165, 1.54) is 0 Å². The lowest BCUT2D eigenvalue weighted by Gasteiger charge is -2.17. The van der Waals surface area contributed by atoms with Gasteiger partial charge in [-0.2, -0.15) is 0 Å². The van der Waals surface area contributed by atoms with Crippen LogP contribution < -0.4 is 5.32 Å². The predicted molar refractivity (Wildman–Crippen MR) is 101 cm³/mol. The van der Waals surface area contributed by atoms with Crippen molar-refractivity contribution in [1.82, 2.24) is 5.16 Å². The largest absolute Gasteiger partial charge is 0.462 e. The molecule has 0 bridgehead atoms. The van der Waals surface area contributed by atoms with Gasteiger partial charge in [-0.3, -0.25) is 10.1 Å². The molecule has 138 valence electrons. The van der Waals surface area contributed by atoms with Crippen LogP contribution in [-0.4, -0.2) is 23.6 Å². The summed E-state index contributed by atoms with van der Waals surface area (Å²) in [4.78, 5) is 25.3. The number of rotatable bonds is 6. The molecule has 0 unspecified atom stereocenters. The van der Waals surface area contributed by atoms with E-state index in [1.54, 1.807) is 13.8 Å². The van der Waals surface area contributed by atoms with Gasteiger partial charge in [0.15, 0.2) is 0 Å². The molecule has 0 fully saturated rings. The monoisotopic (exact) mass is 364 g/mol. The number of hydrogen-bond donors (Lipinski definition) is 1. The fraction of sp³-hybridized carbons (Fsp3) is 0.190. The maximum absolute atomic E-state index is 13.1. The standard InChI is InChI=1S/C21H20N2O4/c1-3-26-21(25)17-14(2)23-27-20(17)22-19(24)18(15-10-6-4-7-11-15)16-12-8-5-9-13-16/h4-13,18H,3H2,1-2H3,(H,22,24). The Kier molecular flexibility index (Phi) is 5.66. The van der Waals surface area contributed by atoms with Crippen LogP contribution >= 0.6 is 0 Å². The Morgan fingerprint density at radius 2 is 1.59 bits per heavy atom. The highest BCUT2D eigenvalue weighted by Crippen LogP contribution is 2.28. The average molecular weight is 364 g/mol. The Morgan fingerprint density at radius 3 is 2.11 bits per heavy atom. The third kappa shape index (κ3) is 4.06. The topological polar surface area (TPSA) is 81.4 Å². The van der Waals surface area contributed by atoms with E-state index < -0.39 is 11.9 Å². The maximum atomic E-state index is 13.1. The Hall–Kier alpha value is -3.41. The molecule has 0 aliphatic heterocycles. The van der Waals surface area contributed by atoms with E-state index in [-0.39, 0.29) is 24.0 Å². The molecule has 6 nitrogen and oxygen atoms in total. The Bertz CT molecular complexity index is 880. The number of carbonyl (C=O) groups is 2. The molecule has 1 heterocycles. The summed E-state index contributed by atoms with van der Waals surface area (Å²) in [6.07, 6.45) is 0. The molecule has 27 heavy (non-hydrogen) atoms. The third-order valence-electron chi connectivity index (χ3n) is 4.11. The molecule has 0 atom stereocenters. The molecule has 1 N–H and O–H groups in total. The first-order chi connectivity index (χ1) is 13.1. The molecule has 0 aliphatic rings. The molecule has 2 aromatic carbocycles. The number of ether oxygens (including phenoxy) is 1. The second-order valence-electron chi connectivity index (χ2n) is 5.94. The van der Waals surface area contributed by atoms with Crippen molar-refractivity contribution in [2.75, 3.05) is 11.9 Å². The maximum Gasteiger partial charge on any atom is 0.345 e. The highest BCUT2D eigenvalue weighted by molar-refractivity contribution is 6.03. The van der Waals surface area contributed by atoms with Gasteiger partial charge in [0.25, 0.3) is 0 Å². The van der Waals surface area contributed by atoms with Crippen molar-refractivity contribution >= 4 is 17.8 Å². The van der Waals surface area contributed by atoms with Gasteiger partial charge in [0.05, 0.1) is 18.2 Å². The quantitative estimate of drug-likeness (QED) is 0.670. The number of amides is 1. The highest BCUT2D eigenvalue weighted by Gasteiger charge is 2.28. The van der Waals surface area contributed by atoms with E-state index in [1.807, 2.05) is 60.7 Å². The Labute approximate surface area is 157 Å². The summed E-state index contributed by atoms with van der Waals surface area (Å²) in [5.41, 5.74) is 2.15. The fourth-order valence-corrected chi connectivity index (χ4v) is 2.87. The highest BCUT2D eigenvalue weighted by atomic mass is 16.5. The van der Waals surface area contributed by atoms with Crippen LogP contribution in [0.1, 0.15) is 40.0 Å². The zero-order valence-electron chi connectivity index (χ0n) is 15.1. The molecular weight excluding hydrogens is 344 g/mol. The molecule has 6 heteroatoms. The molecule has 0 saturated heterocycles. The van der Waals surface area contributed by atoms with E-state index >= 15 is 0 Å². The normalized spacial score (nSPS) is 10.6. The van der Waals surface area contributed by atoms with E-state index in [0.717, 1.165) is 11.1 Å². The van der Waals surface area contributed by atoms with Crippen molar-refractivity contribution < 1.29 is 18.8 Å². The number of carbonyl (C=O) groups excluding carboxylic acids is 2. The molecule has 0 saturated carbocycles. The summed E-state index contributed by atoms with van der Waals surface area (Å²) < 4.78 is 10.2. The van der Waals surface area contributed by atoms with Gasteiger partial charge in [-0.05, 0) is 25.0 Å². The summed E-state index contributed by atoms with van der Waals surface area (Å²) in [5.74, 6) is -1.47. The molecular formula is C21H20N2O4. The van der Waals surface area contributed by atoms with Gasteiger partial charge in [-0.1, -0.05) is 65.8 Å². The lowest BCUT2D eigenvalue weighted by atomic mass is 9.90. The average Bonchev–Trinajstić information content (AvgIpc) is 3.04. The summed E-state index contributed by atoms with van der Waals surface area (Å²) in [6.45, 7) is 3.55. The van der Waals surface area contributed by atoms with Gasteiger partial charge in [-0.15, -0.1) is 0 Å². The summed E-state index contributed by atoms with van der Waals surface area (Å²) >= 11 is 0. The predicted octanol–water partition coefficient (Wildman–Crippen LogP) is 3.93. The molecule has 3 rings (SSSR count). The zero-order chi connectivity index (χ0) is 19.2. The van der Waals surface area contributed by atoms with Gasteiger partial charge in [0, 0.05) is 0 Å². The lowest BCUT2D eigenvalue weighted by Crippen LogP contribution is -2.23. The first-order valence-corrected chi connectivity index (χ1v) is 8.66. The zero-order valence-corrected chi connectivity index (χ0v) is 15.1.